The Labute approximate surface area is 122 Å². The highest BCUT2D eigenvalue weighted by molar-refractivity contribution is 6.02. The maximum absolute atomic E-state index is 12.0. The second kappa shape index (κ2) is 8.60. The molecule has 1 aromatic carbocycles. The number of hydrogen-bond acceptors (Lipinski definition) is 6. The van der Waals surface area contributed by atoms with Gasteiger partial charge >= 0.3 is 5.97 Å². The van der Waals surface area contributed by atoms with Gasteiger partial charge < -0.3 is 25.2 Å². The Morgan fingerprint density at radius 2 is 2.00 bits per heavy atom. The van der Waals surface area contributed by atoms with Gasteiger partial charge in [0.1, 0.15) is 11.4 Å². The molecule has 0 bridgehead atoms. The molecule has 3 N–H and O–H groups in total. The van der Waals surface area contributed by atoms with Crippen LogP contribution >= 0.6 is 0 Å². The van der Waals surface area contributed by atoms with E-state index in [-0.39, 0.29) is 18.8 Å². The van der Waals surface area contributed by atoms with E-state index in [9.17, 15) is 9.59 Å². The number of carbonyl (C=O) groups is 2. The topological polar surface area (TPSA) is 96.9 Å². The van der Waals surface area contributed by atoms with Crippen LogP contribution in [0.15, 0.2) is 36.0 Å². The number of aliphatic hydroxyl groups excluding tert-OH is 1. The van der Waals surface area contributed by atoms with Gasteiger partial charge in [0.2, 0.25) is 0 Å². The van der Waals surface area contributed by atoms with Crippen molar-refractivity contribution in [2.24, 2.45) is 0 Å². The number of ether oxygens (including phenoxy) is 2. The molecule has 0 atom stereocenters. The van der Waals surface area contributed by atoms with E-state index in [4.69, 9.17) is 9.84 Å². The second-order valence-corrected chi connectivity index (χ2v) is 3.89. The van der Waals surface area contributed by atoms with Crippen LogP contribution in [0.2, 0.25) is 0 Å². The normalized spacial score (nSPS) is 10.7. The fraction of sp³-hybridized carbons (Fsp3) is 0.286. The molecule has 0 aliphatic carbocycles. The molecule has 114 valence electrons. The molecule has 0 heterocycles. The predicted molar refractivity (Wildman–Crippen MR) is 76.8 cm³/mol. The summed E-state index contributed by atoms with van der Waals surface area (Å²) in [7, 11) is 2.71. The Hall–Kier alpha value is -2.54. The zero-order valence-electron chi connectivity index (χ0n) is 11.9. The van der Waals surface area contributed by atoms with Crippen LogP contribution < -0.4 is 15.4 Å². The predicted octanol–water partition coefficient (Wildman–Crippen LogP) is 0.272. The molecular weight excluding hydrogens is 276 g/mol. The molecule has 0 spiro atoms. The molecule has 0 saturated heterocycles. The van der Waals surface area contributed by atoms with Gasteiger partial charge in [-0.15, -0.1) is 0 Å². The van der Waals surface area contributed by atoms with Crippen LogP contribution in [0.25, 0.3) is 0 Å². The molecule has 0 fully saturated rings. The lowest BCUT2D eigenvalue weighted by Gasteiger charge is -2.13. The van der Waals surface area contributed by atoms with Crippen molar-refractivity contribution in [3.05, 3.63) is 36.0 Å². The number of methoxy groups -OCH3 is 2. The van der Waals surface area contributed by atoms with Crippen LogP contribution in [0.4, 0.5) is 5.69 Å². The molecule has 1 amide bonds. The third-order valence-electron chi connectivity index (χ3n) is 2.48. The Bertz CT molecular complexity index is 528. The summed E-state index contributed by atoms with van der Waals surface area (Å²) in [6.45, 7) is -0.128. The van der Waals surface area contributed by atoms with E-state index < -0.39 is 11.9 Å². The third kappa shape index (κ3) is 5.15. The van der Waals surface area contributed by atoms with Gasteiger partial charge in [0, 0.05) is 6.54 Å². The van der Waals surface area contributed by atoms with Gasteiger partial charge in [-0.25, -0.2) is 4.79 Å². The number of carbonyl (C=O) groups excluding carboxylic acids is 2. The van der Waals surface area contributed by atoms with Gasteiger partial charge in [0.25, 0.3) is 5.91 Å². The highest BCUT2D eigenvalue weighted by Gasteiger charge is 2.13. The Kier molecular flexibility index (Phi) is 6.76. The number of amides is 1. The molecule has 1 aromatic rings. The molecule has 0 aliphatic heterocycles. The van der Waals surface area contributed by atoms with Gasteiger partial charge in [-0.1, -0.05) is 12.1 Å². The lowest BCUT2D eigenvalue weighted by molar-refractivity contribution is -0.135. The average Bonchev–Trinajstić information content (AvgIpc) is 2.52. The maximum atomic E-state index is 12.0. The molecule has 0 aliphatic rings. The van der Waals surface area contributed by atoms with E-state index in [1.165, 1.54) is 14.2 Å². The lowest BCUT2D eigenvalue weighted by Crippen LogP contribution is -2.31. The summed E-state index contributed by atoms with van der Waals surface area (Å²) in [5.41, 5.74) is 0.508. The summed E-state index contributed by atoms with van der Waals surface area (Å²) in [6, 6.07) is 6.94. The number of para-hydroxylation sites is 2. The van der Waals surface area contributed by atoms with Crippen molar-refractivity contribution in [1.29, 1.82) is 0 Å². The summed E-state index contributed by atoms with van der Waals surface area (Å²) in [5, 5.41) is 14.0. The smallest absolute Gasteiger partial charge is 0.332 e. The molecular formula is C14H18N2O5. The summed E-state index contributed by atoms with van der Waals surface area (Å²) in [4.78, 5) is 23.3. The zero-order chi connectivity index (χ0) is 15.7. The van der Waals surface area contributed by atoms with Gasteiger partial charge in [-0.05, 0) is 12.1 Å². The first-order chi connectivity index (χ1) is 10.1. The number of esters is 1. The Balaban J connectivity index is 2.99. The molecule has 7 heteroatoms. The fourth-order valence-corrected chi connectivity index (χ4v) is 1.49. The zero-order valence-corrected chi connectivity index (χ0v) is 11.9. The highest BCUT2D eigenvalue weighted by atomic mass is 16.5. The number of aliphatic hydroxyl groups is 1. The van der Waals surface area contributed by atoms with Crippen molar-refractivity contribution < 1.29 is 24.2 Å². The number of nitrogens with one attached hydrogen (secondary N) is 2. The van der Waals surface area contributed by atoms with Crippen LogP contribution in [-0.2, 0) is 14.3 Å². The third-order valence-corrected chi connectivity index (χ3v) is 2.48. The van der Waals surface area contributed by atoms with E-state index in [0.29, 0.717) is 11.4 Å². The van der Waals surface area contributed by atoms with Crippen LogP contribution in [0.1, 0.15) is 0 Å². The van der Waals surface area contributed by atoms with Gasteiger partial charge in [-0.3, -0.25) is 4.79 Å². The van der Waals surface area contributed by atoms with Crippen molar-refractivity contribution in [3.63, 3.8) is 0 Å². The molecule has 7 nitrogen and oxygen atoms in total. The van der Waals surface area contributed by atoms with Crippen molar-refractivity contribution >= 4 is 17.6 Å². The molecule has 0 saturated carbocycles. The standard InChI is InChI=1S/C14H18N2O5/c1-20-12-6-4-3-5-10(12)16-11(9-13(18)21-2)14(19)15-7-8-17/h3-6,9,16-17H,7-8H2,1-2H3,(H,15,19)/b11-9-. The van der Waals surface area contributed by atoms with E-state index in [2.05, 4.69) is 15.4 Å². The van der Waals surface area contributed by atoms with Gasteiger partial charge in [0.05, 0.1) is 32.6 Å². The summed E-state index contributed by atoms with van der Waals surface area (Å²) < 4.78 is 9.67. The van der Waals surface area contributed by atoms with Crippen molar-refractivity contribution in [1.82, 2.24) is 5.32 Å². The van der Waals surface area contributed by atoms with E-state index in [1.54, 1.807) is 24.3 Å². The quantitative estimate of drug-likeness (QED) is 0.493. The fourth-order valence-electron chi connectivity index (χ4n) is 1.49. The minimum atomic E-state index is -0.674. The molecule has 0 unspecified atom stereocenters. The first-order valence-electron chi connectivity index (χ1n) is 6.21. The largest absolute Gasteiger partial charge is 0.495 e. The molecule has 1 rings (SSSR count). The summed E-state index contributed by atoms with van der Waals surface area (Å²) in [5.74, 6) is -0.699. The number of hydrogen-bond donors (Lipinski definition) is 3. The first kappa shape index (κ1) is 16.5. The Morgan fingerprint density at radius 3 is 2.62 bits per heavy atom. The van der Waals surface area contributed by atoms with Crippen molar-refractivity contribution in [2.45, 2.75) is 0 Å². The van der Waals surface area contributed by atoms with Crippen molar-refractivity contribution in [2.75, 3.05) is 32.7 Å². The van der Waals surface area contributed by atoms with E-state index in [1.807, 2.05) is 0 Å². The highest BCUT2D eigenvalue weighted by Crippen LogP contribution is 2.24. The van der Waals surface area contributed by atoms with E-state index >= 15 is 0 Å². The van der Waals surface area contributed by atoms with Crippen molar-refractivity contribution in [3.8, 4) is 5.75 Å². The molecule has 0 radical (unpaired) electrons. The average molecular weight is 294 g/mol. The summed E-state index contributed by atoms with van der Waals surface area (Å²) in [6.07, 6.45) is 1.03. The number of benzene rings is 1. The van der Waals surface area contributed by atoms with Gasteiger partial charge in [0.15, 0.2) is 0 Å². The van der Waals surface area contributed by atoms with Crippen LogP contribution in [0.5, 0.6) is 5.75 Å². The maximum Gasteiger partial charge on any atom is 0.332 e. The summed E-state index contributed by atoms with van der Waals surface area (Å²) >= 11 is 0. The molecule has 0 aromatic heterocycles. The van der Waals surface area contributed by atoms with Crippen LogP contribution in [0.3, 0.4) is 0 Å². The van der Waals surface area contributed by atoms with Crippen LogP contribution in [-0.4, -0.2) is 44.4 Å². The SMILES string of the molecule is COC(=O)/C=C(\Nc1ccccc1OC)C(=O)NCCO. The Morgan fingerprint density at radius 1 is 1.29 bits per heavy atom. The minimum absolute atomic E-state index is 0.0141. The second-order valence-electron chi connectivity index (χ2n) is 3.89. The minimum Gasteiger partial charge on any atom is -0.495 e. The van der Waals surface area contributed by atoms with Crippen LogP contribution in [0, 0.1) is 0 Å². The van der Waals surface area contributed by atoms with Gasteiger partial charge in [-0.2, -0.15) is 0 Å². The molecule has 21 heavy (non-hydrogen) atoms. The monoisotopic (exact) mass is 294 g/mol. The number of anilines is 1. The van der Waals surface area contributed by atoms with E-state index in [0.717, 1.165) is 6.08 Å². The lowest BCUT2D eigenvalue weighted by atomic mass is 10.2. The number of rotatable bonds is 7. The first-order valence-corrected chi connectivity index (χ1v) is 6.21.